The summed E-state index contributed by atoms with van der Waals surface area (Å²) < 4.78 is 2.37. The average molecular weight is 361 g/mol. The third-order valence-corrected chi connectivity index (χ3v) is 6.97. The zero-order chi connectivity index (χ0) is 16.7. The largest absolute Gasteiger partial charge is 0.323 e. The van der Waals surface area contributed by atoms with Gasteiger partial charge >= 0.3 is 0 Å². The molecule has 5 heteroatoms. The molecule has 2 aliphatic carbocycles. The summed E-state index contributed by atoms with van der Waals surface area (Å²) in [6.07, 6.45) is 11.6. The van der Waals surface area contributed by atoms with Gasteiger partial charge in [-0.25, -0.2) is 0 Å². The van der Waals surface area contributed by atoms with Crippen LogP contribution in [0.5, 0.6) is 0 Å². The monoisotopic (exact) mass is 360 g/mol. The quantitative estimate of drug-likeness (QED) is 0.608. The van der Waals surface area contributed by atoms with Crippen LogP contribution < -0.4 is 5.56 Å². The van der Waals surface area contributed by atoms with Gasteiger partial charge in [-0.2, -0.15) is 0 Å². The lowest BCUT2D eigenvalue weighted by molar-refractivity contribution is 0.509. The molecule has 128 valence electrons. The molecule has 2 aromatic heterocycles. The molecule has 0 aliphatic heterocycles. The molecule has 2 aromatic rings. The van der Waals surface area contributed by atoms with E-state index in [1.807, 2.05) is 0 Å². The van der Waals surface area contributed by atoms with E-state index in [1.54, 1.807) is 15.9 Å². The smallest absolute Gasteiger partial charge is 0.263 e. The summed E-state index contributed by atoms with van der Waals surface area (Å²) in [5, 5.41) is 0.910. The number of thiophene rings is 1. The molecule has 0 radical (unpaired) electrons. The van der Waals surface area contributed by atoms with E-state index in [4.69, 9.17) is 12.2 Å². The van der Waals surface area contributed by atoms with Crippen LogP contribution in [-0.4, -0.2) is 9.55 Å². The summed E-state index contributed by atoms with van der Waals surface area (Å²) in [6, 6.07) is 0. The van der Waals surface area contributed by atoms with Crippen molar-refractivity contribution in [2.24, 2.45) is 5.92 Å². The van der Waals surface area contributed by atoms with Crippen LogP contribution >= 0.6 is 23.6 Å². The van der Waals surface area contributed by atoms with Crippen molar-refractivity contribution >= 4 is 33.8 Å². The van der Waals surface area contributed by atoms with Crippen molar-refractivity contribution in [2.45, 2.75) is 64.8 Å². The first-order valence-electron chi connectivity index (χ1n) is 9.08. The Kier molecular flexibility index (Phi) is 4.48. The maximum Gasteiger partial charge on any atom is 0.263 e. The Morgan fingerprint density at radius 2 is 2.25 bits per heavy atom. The van der Waals surface area contributed by atoms with Crippen LogP contribution in [0.15, 0.2) is 16.4 Å². The molecular formula is C19H24N2OS2. The standard InChI is InChI=1S/C19H24N2OS2/c1-12-7-8-14-15(11-12)24-17-16(14)18(22)21(19(23)20-17)10-9-13-5-3-2-4-6-13/h5,12H,2-4,6-11H2,1H3,(H,20,23)/t12-/m1/s1. The lowest BCUT2D eigenvalue weighted by atomic mass is 9.89. The normalized spacial score (nSPS) is 20.9. The fourth-order valence-corrected chi connectivity index (χ4v) is 5.79. The number of rotatable bonds is 3. The number of fused-ring (bicyclic) bond motifs is 3. The molecule has 0 fully saturated rings. The van der Waals surface area contributed by atoms with Crippen molar-refractivity contribution in [1.29, 1.82) is 0 Å². The summed E-state index contributed by atoms with van der Waals surface area (Å²) in [4.78, 5) is 18.8. The van der Waals surface area contributed by atoms with Crippen molar-refractivity contribution in [3.8, 4) is 0 Å². The van der Waals surface area contributed by atoms with Gasteiger partial charge in [0.25, 0.3) is 5.56 Å². The van der Waals surface area contributed by atoms with Gasteiger partial charge in [-0.05, 0) is 75.1 Å². The fraction of sp³-hybridized carbons (Fsp3) is 0.579. The molecule has 1 N–H and O–H groups in total. The van der Waals surface area contributed by atoms with E-state index in [9.17, 15) is 4.79 Å². The van der Waals surface area contributed by atoms with Gasteiger partial charge < -0.3 is 4.98 Å². The van der Waals surface area contributed by atoms with Crippen molar-refractivity contribution in [2.75, 3.05) is 0 Å². The Morgan fingerprint density at radius 1 is 1.38 bits per heavy atom. The van der Waals surface area contributed by atoms with Gasteiger partial charge in [0.1, 0.15) is 4.83 Å². The zero-order valence-electron chi connectivity index (χ0n) is 14.2. The van der Waals surface area contributed by atoms with E-state index in [2.05, 4.69) is 18.0 Å². The molecule has 2 aliphatic rings. The number of nitrogens with one attached hydrogen (secondary N) is 1. The third kappa shape index (κ3) is 2.93. The Hall–Kier alpha value is -1.20. The maximum atomic E-state index is 13.1. The second-order valence-electron chi connectivity index (χ2n) is 7.30. The molecule has 3 nitrogen and oxygen atoms in total. The lowest BCUT2D eigenvalue weighted by Gasteiger charge is -2.17. The number of allylic oxidation sites excluding steroid dienone is 2. The average Bonchev–Trinajstić information content (AvgIpc) is 2.92. The maximum absolute atomic E-state index is 13.1. The van der Waals surface area contributed by atoms with E-state index in [0.717, 1.165) is 29.5 Å². The van der Waals surface area contributed by atoms with E-state index in [1.165, 1.54) is 48.1 Å². The third-order valence-electron chi connectivity index (χ3n) is 5.48. The first-order chi connectivity index (χ1) is 11.6. The van der Waals surface area contributed by atoms with Crippen LogP contribution in [0.1, 0.15) is 55.9 Å². The van der Waals surface area contributed by atoms with Crippen LogP contribution in [0.2, 0.25) is 0 Å². The number of H-pyrrole nitrogens is 1. The molecule has 0 aromatic carbocycles. The first-order valence-corrected chi connectivity index (χ1v) is 10.3. The molecule has 0 saturated carbocycles. The SMILES string of the molecule is C[C@@H]1CCc2c(sc3[nH]c(=S)n(CCC4=CCCCC4)c(=O)c23)C1. The second-order valence-corrected chi connectivity index (χ2v) is 8.79. The Morgan fingerprint density at radius 3 is 3.04 bits per heavy atom. The molecular weight excluding hydrogens is 336 g/mol. The predicted octanol–water partition coefficient (Wildman–Crippen LogP) is 5.14. The highest BCUT2D eigenvalue weighted by molar-refractivity contribution is 7.71. The summed E-state index contributed by atoms with van der Waals surface area (Å²) in [7, 11) is 0. The molecule has 0 spiro atoms. The number of hydrogen-bond donors (Lipinski definition) is 1. The minimum absolute atomic E-state index is 0.122. The van der Waals surface area contributed by atoms with Gasteiger partial charge in [0.05, 0.1) is 5.39 Å². The lowest BCUT2D eigenvalue weighted by Crippen LogP contribution is -2.23. The number of aryl methyl sites for hydroxylation is 1. The van der Waals surface area contributed by atoms with Crippen molar-refractivity contribution < 1.29 is 0 Å². The number of aromatic nitrogens is 2. The molecule has 0 saturated heterocycles. The Balaban J connectivity index is 1.72. The van der Waals surface area contributed by atoms with E-state index >= 15 is 0 Å². The highest BCUT2D eigenvalue weighted by Gasteiger charge is 2.23. The van der Waals surface area contributed by atoms with Gasteiger partial charge in [0.2, 0.25) is 0 Å². The molecule has 0 bridgehead atoms. The Bertz CT molecular complexity index is 916. The van der Waals surface area contributed by atoms with E-state index in [0.29, 0.717) is 17.2 Å². The number of hydrogen-bond acceptors (Lipinski definition) is 3. The molecule has 0 amide bonds. The second kappa shape index (κ2) is 6.60. The predicted molar refractivity (Wildman–Crippen MR) is 104 cm³/mol. The van der Waals surface area contributed by atoms with Crippen molar-refractivity contribution in [3.63, 3.8) is 0 Å². The van der Waals surface area contributed by atoms with Crippen LogP contribution in [0.4, 0.5) is 0 Å². The summed E-state index contributed by atoms with van der Waals surface area (Å²) in [5.41, 5.74) is 2.90. The molecule has 0 unspecified atom stereocenters. The minimum atomic E-state index is 0.122. The van der Waals surface area contributed by atoms with Crippen LogP contribution in [0, 0.1) is 10.7 Å². The minimum Gasteiger partial charge on any atom is -0.323 e. The van der Waals surface area contributed by atoms with E-state index < -0.39 is 0 Å². The number of aromatic amines is 1. The molecule has 2 heterocycles. The number of nitrogens with zero attached hydrogens (tertiary/aromatic N) is 1. The van der Waals surface area contributed by atoms with Crippen molar-refractivity contribution in [1.82, 2.24) is 9.55 Å². The van der Waals surface area contributed by atoms with E-state index in [-0.39, 0.29) is 5.56 Å². The highest BCUT2D eigenvalue weighted by atomic mass is 32.1. The topological polar surface area (TPSA) is 37.8 Å². The van der Waals surface area contributed by atoms with Gasteiger partial charge in [0.15, 0.2) is 4.77 Å². The van der Waals surface area contributed by atoms with Gasteiger partial charge in [-0.3, -0.25) is 9.36 Å². The summed E-state index contributed by atoms with van der Waals surface area (Å²) in [6.45, 7) is 3.00. The molecule has 1 atom stereocenters. The van der Waals surface area contributed by atoms with Gasteiger partial charge in [-0.15, -0.1) is 11.3 Å². The molecule has 4 rings (SSSR count). The molecule has 24 heavy (non-hydrogen) atoms. The van der Waals surface area contributed by atoms with Gasteiger partial charge in [-0.1, -0.05) is 18.6 Å². The first kappa shape index (κ1) is 16.3. The summed E-state index contributed by atoms with van der Waals surface area (Å²) >= 11 is 7.23. The van der Waals surface area contributed by atoms with Crippen LogP contribution in [0.3, 0.4) is 0 Å². The van der Waals surface area contributed by atoms with Gasteiger partial charge in [0, 0.05) is 11.4 Å². The van der Waals surface area contributed by atoms with Crippen LogP contribution in [-0.2, 0) is 19.4 Å². The van der Waals surface area contributed by atoms with Crippen molar-refractivity contribution in [3.05, 3.63) is 37.2 Å². The highest BCUT2D eigenvalue weighted by Crippen LogP contribution is 2.35. The fourth-order valence-electron chi connectivity index (χ4n) is 4.05. The van der Waals surface area contributed by atoms with Crippen LogP contribution in [0.25, 0.3) is 10.2 Å². The zero-order valence-corrected chi connectivity index (χ0v) is 15.8. The Labute approximate surface area is 151 Å². The summed E-state index contributed by atoms with van der Waals surface area (Å²) in [5.74, 6) is 0.717.